The molecule has 0 aliphatic heterocycles. The summed E-state index contributed by atoms with van der Waals surface area (Å²) in [6, 6.07) is 7.61. The van der Waals surface area contributed by atoms with E-state index in [-0.39, 0.29) is 24.3 Å². The number of nitrogens with one attached hydrogen (secondary N) is 1. The van der Waals surface area contributed by atoms with Gasteiger partial charge in [0.15, 0.2) is 0 Å². The molecule has 0 fully saturated rings. The molecule has 0 aliphatic rings. The average Bonchev–Trinajstić information content (AvgIpc) is 2.37. The van der Waals surface area contributed by atoms with Crippen LogP contribution in [0.2, 0.25) is 0 Å². The molecule has 0 aromatic heterocycles. The lowest BCUT2D eigenvalue weighted by Gasteiger charge is -2.21. The fraction of sp³-hybridized carbons (Fsp3) is 0.467. The van der Waals surface area contributed by atoms with Crippen molar-refractivity contribution in [1.82, 2.24) is 10.2 Å². The molecule has 2 amide bonds. The van der Waals surface area contributed by atoms with Gasteiger partial charge in [-0.2, -0.15) is 0 Å². The summed E-state index contributed by atoms with van der Waals surface area (Å²) in [7, 11) is 1.77. The molecule has 0 saturated carbocycles. The van der Waals surface area contributed by atoms with Crippen molar-refractivity contribution in [1.29, 1.82) is 0 Å². The van der Waals surface area contributed by atoms with Crippen LogP contribution in [0.1, 0.15) is 37.4 Å². The standard InChI is InChI=1S/C15H22N2O2/c1-5-17(4)15(19)10-14(16-12(3)18)13-8-6-11(2)7-9-13/h6-9,14H,5,10H2,1-4H3,(H,16,18). The lowest BCUT2D eigenvalue weighted by Crippen LogP contribution is -2.33. The third kappa shape index (κ3) is 4.73. The van der Waals surface area contributed by atoms with E-state index in [4.69, 9.17) is 0 Å². The first-order valence-electron chi connectivity index (χ1n) is 6.51. The van der Waals surface area contributed by atoms with Crippen LogP contribution in [0.25, 0.3) is 0 Å². The number of hydrogen-bond donors (Lipinski definition) is 1. The first-order valence-corrected chi connectivity index (χ1v) is 6.51. The van der Waals surface area contributed by atoms with Crippen LogP contribution >= 0.6 is 0 Å². The smallest absolute Gasteiger partial charge is 0.224 e. The number of rotatable bonds is 5. The molecular formula is C15H22N2O2. The third-order valence-electron chi connectivity index (χ3n) is 3.14. The van der Waals surface area contributed by atoms with Crippen LogP contribution in [0.3, 0.4) is 0 Å². The molecule has 1 aromatic rings. The molecule has 1 rings (SSSR count). The Morgan fingerprint density at radius 3 is 2.32 bits per heavy atom. The Labute approximate surface area is 114 Å². The van der Waals surface area contributed by atoms with Crippen LogP contribution in [0.15, 0.2) is 24.3 Å². The highest BCUT2D eigenvalue weighted by Gasteiger charge is 2.18. The van der Waals surface area contributed by atoms with E-state index in [9.17, 15) is 9.59 Å². The summed E-state index contributed by atoms with van der Waals surface area (Å²) in [6.45, 7) is 6.07. The maximum atomic E-state index is 12.0. The van der Waals surface area contributed by atoms with Gasteiger partial charge < -0.3 is 10.2 Å². The molecule has 4 nitrogen and oxygen atoms in total. The molecular weight excluding hydrogens is 240 g/mol. The number of carbonyl (C=O) groups is 2. The van der Waals surface area contributed by atoms with Crippen molar-refractivity contribution in [2.24, 2.45) is 0 Å². The Bertz CT molecular complexity index is 440. The van der Waals surface area contributed by atoms with Gasteiger partial charge in [-0.25, -0.2) is 0 Å². The van der Waals surface area contributed by atoms with Crippen molar-refractivity contribution >= 4 is 11.8 Å². The second kappa shape index (κ2) is 6.92. The lowest BCUT2D eigenvalue weighted by atomic mass is 10.0. The second-order valence-electron chi connectivity index (χ2n) is 4.78. The van der Waals surface area contributed by atoms with Gasteiger partial charge in [-0.1, -0.05) is 29.8 Å². The van der Waals surface area contributed by atoms with Gasteiger partial charge in [0.1, 0.15) is 0 Å². The zero-order chi connectivity index (χ0) is 14.4. The summed E-state index contributed by atoms with van der Waals surface area (Å²) in [4.78, 5) is 24.9. The van der Waals surface area contributed by atoms with Gasteiger partial charge in [-0.15, -0.1) is 0 Å². The molecule has 0 aliphatic carbocycles. The van der Waals surface area contributed by atoms with Crippen molar-refractivity contribution in [3.8, 4) is 0 Å². The highest BCUT2D eigenvalue weighted by Crippen LogP contribution is 2.18. The summed E-state index contributed by atoms with van der Waals surface area (Å²) in [5.74, 6) is -0.0978. The number of nitrogens with zero attached hydrogens (tertiary/aromatic N) is 1. The van der Waals surface area contributed by atoms with Crippen molar-refractivity contribution < 1.29 is 9.59 Å². The molecule has 104 valence electrons. The maximum absolute atomic E-state index is 12.0. The van der Waals surface area contributed by atoms with Crippen LogP contribution in [-0.2, 0) is 9.59 Å². The van der Waals surface area contributed by atoms with Crippen LogP contribution in [0.4, 0.5) is 0 Å². The minimum atomic E-state index is -0.264. The van der Waals surface area contributed by atoms with Crippen molar-refractivity contribution in [2.75, 3.05) is 13.6 Å². The molecule has 0 heterocycles. The number of carbonyl (C=O) groups excluding carboxylic acids is 2. The van der Waals surface area contributed by atoms with Gasteiger partial charge in [0.05, 0.1) is 12.5 Å². The summed E-state index contributed by atoms with van der Waals surface area (Å²) in [6.07, 6.45) is 0.285. The Balaban J connectivity index is 2.85. The van der Waals surface area contributed by atoms with E-state index in [1.165, 1.54) is 6.92 Å². The Hall–Kier alpha value is -1.84. The van der Waals surface area contributed by atoms with Gasteiger partial charge in [0.25, 0.3) is 0 Å². The summed E-state index contributed by atoms with van der Waals surface area (Å²) < 4.78 is 0. The molecule has 0 bridgehead atoms. The van der Waals surface area contributed by atoms with Crippen LogP contribution in [0, 0.1) is 6.92 Å². The molecule has 0 spiro atoms. The van der Waals surface area contributed by atoms with Crippen molar-refractivity contribution in [3.63, 3.8) is 0 Å². The van der Waals surface area contributed by atoms with E-state index in [0.29, 0.717) is 6.54 Å². The Kier molecular flexibility index (Phi) is 5.55. The molecule has 1 aromatic carbocycles. The number of hydrogen-bond acceptors (Lipinski definition) is 2. The summed E-state index contributed by atoms with van der Waals surface area (Å²) in [5, 5.41) is 2.84. The second-order valence-corrected chi connectivity index (χ2v) is 4.78. The highest BCUT2D eigenvalue weighted by atomic mass is 16.2. The maximum Gasteiger partial charge on any atom is 0.224 e. The minimum absolute atomic E-state index is 0.0295. The average molecular weight is 262 g/mol. The zero-order valence-electron chi connectivity index (χ0n) is 12.1. The van der Waals surface area contributed by atoms with Gasteiger partial charge in [0.2, 0.25) is 11.8 Å². The normalized spacial score (nSPS) is 11.8. The van der Waals surface area contributed by atoms with E-state index in [2.05, 4.69) is 5.32 Å². The topological polar surface area (TPSA) is 49.4 Å². The molecule has 0 saturated heterocycles. The molecule has 0 radical (unpaired) electrons. The molecule has 19 heavy (non-hydrogen) atoms. The van der Waals surface area contributed by atoms with E-state index < -0.39 is 0 Å². The number of aryl methyl sites for hydroxylation is 1. The predicted molar refractivity (Wildman–Crippen MR) is 75.7 cm³/mol. The van der Waals surface area contributed by atoms with E-state index >= 15 is 0 Å². The first kappa shape index (κ1) is 15.2. The monoisotopic (exact) mass is 262 g/mol. The minimum Gasteiger partial charge on any atom is -0.349 e. The largest absolute Gasteiger partial charge is 0.349 e. The van der Waals surface area contributed by atoms with Crippen molar-refractivity contribution in [2.45, 2.75) is 33.2 Å². The van der Waals surface area contributed by atoms with E-state index in [1.807, 2.05) is 38.1 Å². The predicted octanol–water partition coefficient (Wildman–Crippen LogP) is 2.04. The number of benzene rings is 1. The fourth-order valence-electron chi connectivity index (χ4n) is 1.80. The Morgan fingerprint density at radius 2 is 1.84 bits per heavy atom. The lowest BCUT2D eigenvalue weighted by molar-refractivity contribution is -0.130. The van der Waals surface area contributed by atoms with Gasteiger partial charge >= 0.3 is 0 Å². The van der Waals surface area contributed by atoms with Crippen LogP contribution in [-0.4, -0.2) is 30.3 Å². The van der Waals surface area contributed by atoms with Crippen LogP contribution in [0.5, 0.6) is 0 Å². The highest BCUT2D eigenvalue weighted by molar-refractivity contribution is 5.79. The Morgan fingerprint density at radius 1 is 1.26 bits per heavy atom. The van der Waals surface area contributed by atoms with Crippen molar-refractivity contribution in [3.05, 3.63) is 35.4 Å². The van der Waals surface area contributed by atoms with Crippen LogP contribution < -0.4 is 5.32 Å². The molecule has 4 heteroatoms. The molecule has 1 unspecified atom stereocenters. The van der Waals surface area contributed by atoms with E-state index in [1.54, 1.807) is 11.9 Å². The first-order chi connectivity index (χ1) is 8.93. The number of amides is 2. The molecule has 1 atom stereocenters. The molecule has 1 N–H and O–H groups in total. The van der Waals surface area contributed by atoms with Gasteiger partial charge in [-0.3, -0.25) is 9.59 Å². The van der Waals surface area contributed by atoms with Gasteiger partial charge in [-0.05, 0) is 19.4 Å². The quantitative estimate of drug-likeness (QED) is 0.882. The van der Waals surface area contributed by atoms with Gasteiger partial charge in [0, 0.05) is 20.5 Å². The SMILES string of the molecule is CCN(C)C(=O)CC(NC(C)=O)c1ccc(C)cc1. The summed E-state index contributed by atoms with van der Waals surface area (Å²) >= 11 is 0. The van der Waals surface area contributed by atoms with E-state index in [0.717, 1.165) is 11.1 Å². The third-order valence-corrected chi connectivity index (χ3v) is 3.14. The zero-order valence-corrected chi connectivity index (χ0v) is 12.1. The summed E-state index contributed by atoms with van der Waals surface area (Å²) in [5.41, 5.74) is 2.11. The fourth-order valence-corrected chi connectivity index (χ4v) is 1.80.